The number of hydrogen-bond acceptors (Lipinski definition) is 3. The molecule has 1 aliphatic heterocycles. The van der Waals surface area contributed by atoms with Gasteiger partial charge in [-0.1, -0.05) is 0 Å². The normalized spacial score (nSPS) is 22.9. The summed E-state index contributed by atoms with van der Waals surface area (Å²) < 4.78 is 10.4. The molecule has 1 rings (SSSR count). The Labute approximate surface area is 85.2 Å². The maximum absolute atomic E-state index is 11.4. The molecule has 1 amide bonds. The SMILES string of the molecule is COC(OC)[C@@H]1CCCCN1C(C)=O. The number of hydrogen-bond donors (Lipinski definition) is 0. The Morgan fingerprint density at radius 3 is 2.50 bits per heavy atom. The maximum Gasteiger partial charge on any atom is 0.219 e. The number of rotatable bonds is 3. The first-order valence-corrected chi connectivity index (χ1v) is 5.03. The highest BCUT2D eigenvalue weighted by Gasteiger charge is 2.31. The van der Waals surface area contributed by atoms with Crippen molar-refractivity contribution >= 4 is 5.91 Å². The quantitative estimate of drug-likeness (QED) is 0.640. The van der Waals surface area contributed by atoms with Crippen molar-refractivity contribution in [2.75, 3.05) is 20.8 Å². The lowest BCUT2D eigenvalue weighted by Gasteiger charge is -2.38. The fraction of sp³-hybridized carbons (Fsp3) is 0.900. The van der Waals surface area contributed by atoms with Crippen LogP contribution in [0, 0.1) is 0 Å². The first kappa shape index (κ1) is 11.5. The van der Waals surface area contributed by atoms with Gasteiger partial charge in [-0.05, 0) is 19.3 Å². The van der Waals surface area contributed by atoms with E-state index >= 15 is 0 Å². The molecule has 4 nitrogen and oxygen atoms in total. The number of likely N-dealkylation sites (tertiary alicyclic amines) is 1. The van der Waals surface area contributed by atoms with Gasteiger partial charge >= 0.3 is 0 Å². The molecule has 0 aromatic heterocycles. The van der Waals surface area contributed by atoms with E-state index in [-0.39, 0.29) is 18.2 Å². The second kappa shape index (κ2) is 5.32. The van der Waals surface area contributed by atoms with Crippen molar-refractivity contribution in [3.8, 4) is 0 Å². The Balaban J connectivity index is 2.65. The second-order valence-corrected chi connectivity index (χ2v) is 3.62. The summed E-state index contributed by atoms with van der Waals surface area (Å²) in [6.45, 7) is 2.42. The minimum Gasteiger partial charge on any atom is -0.354 e. The molecule has 4 heteroatoms. The summed E-state index contributed by atoms with van der Waals surface area (Å²) in [6.07, 6.45) is 2.89. The number of nitrogens with zero attached hydrogens (tertiary/aromatic N) is 1. The Bertz CT molecular complexity index is 192. The molecular formula is C10H19NO3. The minimum absolute atomic E-state index is 0.0799. The van der Waals surface area contributed by atoms with Crippen molar-refractivity contribution in [2.24, 2.45) is 0 Å². The molecule has 0 aliphatic carbocycles. The van der Waals surface area contributed by atoms with Crippen LogP contribution in [0.4, 0.5) is 0 Å². The molecule has 0 unspecified atom stereocenters. The van der Waals surface area contributed by atoms with Gasteiger partial charge in [0.2, 0.25) is 5.91 Å². The van der Waals surface area contributed by atoms with Crippen molar-refractivity contribution in [3.63, 3.8) is 0 Å². The van der Waals surface area contributed by atoms with Gasteiger partial charge in [0.15, 0.2) is 6.29 Å². The molecule has 0 bridgehead atoms. The number of carbonyl (C=O) groups is 1. The highest BCUT2D eigenvalue weighted by molar-refractivity contribution is 5.73. The van der Waals surface area contributed by atoms with E-state index in [1.807, 2.05) is 4.90 Å². The van der Waals surface area contributed by atoms with E-state index in [2.05, 4.69) is 0 Å². The highest BCUT2D eigenvalue weighted by atomic mass is 16.7. The van der Waals surface area contributed by atoms with Gasteiger partial charge in [0.25, 0.3) is 0 Å². The van der Waals surface area contributed by atoms with E-state index in [4.69, 9.17) is 9.47 Å². The second-order valence-electron chi connectivity index (χ2n) is 3.62. The molecule has 0 N–H and O–H groups in total. The molecule has 82 valence electrons. The summed E-state index contributed by atoms with van der Waals surface area (Å²) in [7, 11) is 3.22. The molecule has 1 aliphatic rings. The average Bonchev–Trinajstić information content (AvgIpc) is 2.20. The van der Waals surface area contributed by atoms with Crippen LogP contribution in [0.3, 0.4) is 0 Å². The maximum atomic E-state index is 11.4. The number of carbonyl (C=O) groups excluding carboxylic acids is 1. The molecule has 14 heavy (non-hydrogen) atoms. The third-order valence-corrected chi connectivity index (χ3v) is 2.73. The number of amides is 1. The predicted molar refractivity (Wildman–Crippen MR) is 52.8 cm³/mol. The fourth-order valence-corrected chi connectivity index (χ4v) is 2.04. The fourth-order valence-electron chi connectivity index (χ4n) is 2.04. The molecule has 0 saturated carbocycles. The molecule has 1 saturated heterocycles. The van der Waals surface area contributed by atoms with Crippen LogP contribution in [0.15, 0.2) is 0 Å². The molecule has 1 atom stereocenters. The van der Waals surface area contributed by atoms with E-state index in [0.717, 1.165) is 25.8 Å². The molecule has 0 radical (unpaired) electrons. The van der Waals surface area contributed by atoms with Crippen molar-refractivity contribution in [1.82, 2.24) is 4.90 Å². The molecule has 1 heterocycles. The van der Waals surface area contributed by atoms with Gasteiger partial charge in [0.05, 0.1) is 6.04 Å². The Hall–Kier alpha value is -0.610. The summed E-state index contributed by atoms with van der Waals surface area (Å²) in [4.78, 5) is 13.2. The summed E-state index contributed by atoms with van der Waals surface area (Å²) in [5, 5.41) is 0. The first-order chi connectivity index (χ1) is 6.70. The molecule has 0 spiro atoms. The molecule has 1 fully saturated rings. The van der Waals surface area contributed by atoms with Crippen LogP contribution >= 0.6 is 0 Å². The highest BCUT2D eigenvalue weighted by Crippen LogP contribution is 2.21. The van der Waals surface area contributed by atoms with Crippen LogP contribution in [-0.4, -0.2) is 43.9 Å². The molecular weight excluding hydrogens is 182 g/mol. The third-order valence-electron chi connectivity index (χ3n) is 2.73. The van der Waals surface area contributed by atoms with Gasteiger partial charge < -0.3 is 14.4 Å². The van der Waals surface area contributed by atoms with Crippen molar-refractivity contribution in [2.45, 2.75) is 38.5 Å². The van der Waals surface area contributed by atoms with Gasteiger partial charge in [0, 0.05) is 27.7 Å². The van der Waals surface area contributed by atoms with E-state index in [1.54, 1.807) is 21.1 Å². The van der Waals surface area contributed by atoms with Crippen molar-refractivity contribution in [3.05, 3.63) is 0 Å². The smallest absolute Gasteiger partial charge is 0.219 e. The lowest BCUT2D eigenvalue weighted by atomic mass is 10.0. The number of ether oxygens (including phenoxy) is 2. The standard InChI is InChI=1S/C10H19NO3/c1-8(12)11-7-5-4-6-9(11)10(13-2)14-3/h9-10H,4-7H2,1-3H3/t9-/m0/s1. The summed E-state index contributed by atoms with van der Waals surface area (Å²) in [5.74, 6) is 0.105. The Morgan fingerprint density at radius 2 is 2.00 bits per heavy atom. The largest absolute Gasteiger partial charge is 0.354 e. The predicted octanol–water partition coefficient (Wildman–Crippen LogP) is 1.01. The van der Waals surface area contributed by atoms with Crippen LogP contribution in [-0.2, 0) is 14.3 Å². The summed E-state index contributed by atoms with van der Waals surface area (Å²) in [6, 6.07) is 0.0799. The van der Waals surface area contributed by atoms with Crippen LogP contribution < -0.4 is 0 Å². The summed E-state index contributed by atoms with van der Waals surface area (Å²) in [5.41, 5.74) is 0. The van der Waals surface area contributed by atoms with E-state index < -0.39 is 0 Å². The number of piperidine rings is 1. The zero-order valence-electron chi connectivity index (χ0n) is 9.16. The zero-order chi connectivity index (χ0) is 10.6. The average molecular weight is 201 g/mol. The van der Waals surface area contributed by atoms with Crippen molar-refractivity contribution in [1.29, 1.82) is 0 Å². The topological polar surface area (TPSA) is 38.8 Å². The van der Waals surface area contributed by atoms with Gasteiger partial charge in [-0.15, -0.1) is 0 Å². The Kier molecular flexibility index (Phi) is 4.35. The van der Waals surface area contributed by atoms with Crippen LogP contribution in [0.5, 0.6) is 0 Å². The summed E-state index contributed by atoms with van der Waals surface area (Å²) >= 11 is 0. The van der Waals surface area contributed by atoms with E-state index in [0.29, 0.717) is 0 Å². The van der Waals surface area contributed by atoms with Gasteiger partial charge in [-0.25, -0.2) is 0 Å². The van der Waals surface area contributed by atoms with E-state index in [9.17, 15) is 4.79 Å². The van der Waals surface area contributed by atoms with Crippen LogP contribution in [0.25, 0.3) is 0 Å². The zero-order valence-corrected chi connectivity index (χ0v) is 9.16. The monoisotopic (exact) mass is 201 g/mol. The van der Waals surface area contributed by atoms with Crippen LogP contribution in [0.1, 0.15) is 26.2 Å². The van der Waals surface area contributed by atoms with E-state index in [1.165, 1.54) is 0 Å². The van der Waals surface area contributed by atoms with Gasteiger partial charge in [0.1, 0.15) is 0 Å². The van der Waals surface area contributed by atoms with Crippen molar-refractivity contribution < 1.29 is 14.3 Å². The van der Waals surface area contributed by atoms with Gasteiger partial charge in [-0.3, -0.25) is 4.79 Å². The van der Waals surface area contributed by atoms with Crippen LogP contribution in [0.2, 0.25) is 0 Å². The lowest BCUT2D eigenvalue weighted by Crippen LogP contribution is -2.50. The first-order valence-electron chi connectivity index (χ1n) is 5.03. The third kappa shape index (κ3) is 2.45. The minimum atomic E-state index is -0.292. The molecule has 0 aromatic carbocycles. The Morgan fingerprint density at radius 1 is 1.36 bits per heavy atom. The lowest BCUT2D eigenvalue weighted by molar-refractivity contribution is -0.166. The number of methoxy groups -OCH3 is 2. The van der Waals surface area contributed by atoms with Gasteiger partial charge in [-0.2, -0.15) is 0 Å². The molecule has 0 aromatic rings.